The van der Waals surface area contributed by atoms with Crippen LogP contribution in [0.15, 0.2) is 17.3 Å². The fourth-order valence-corrected chi connectivity index (χ4v) is 2.53. The van der Waals surface area contributed by atoms with Gasteiger partial charge in [0.2, 0.25) is 0 Å². The molecule has 0 aromatic carbocycles. The number of aliphatic hydroxyl groups excluding tert-OH is 2. The lowest BCUT2D eigenvalue weighted by Crippen LogP contribution is -2.21. The zero-order valence-electron chi connectivity index (χ0n) is 11.4. The number of hydrogen-bond donors (Lipinski definition) is 2. The highest BCUT2D eigenvalue weighted by atomic mass is 16.3. The highest BCUT2D eigenvalue weighted by molar-refractivity contribution is 5.85. The molecule has 1 saturated carbocycles. The standard InChI is InChI=1S/C14H23NO4/c1-2-3-4-5-10(17)6-7-11-12(9-16)14(18)8-13(11)15-19/h6-7,10-13,16-17H,2-5,8-9H2,1H3/b7-6+/t10-,11+,12+,13+/m0/s1. The van der Waals surface area contributed by atoms with Crippen molar-refractivity contribution in [3.8, 4) is 0 Å². The zero-order chi connectivity index (χ0) is 14.3. The van der Waals surface area contributed by atoms with Gasteiger partial charge in [-0.1, -0.05) is 43.5 Å². The summed E-state index contributed by atoms with van der Waals surface area (Å²) in [7, 11) is 0. The van der Waals surface area contributed by atoms with Crippen molar-refractivity contribution >= 4 is 5.78 Å². The summed E-state index contributed by atoms with van der Waals surface area (Å²) in [6, 6.07) is -0.608. The van der Waals surface area contributed by atoms with Crippen LogP contribution in [0.5, 0.6) is 0 Å². The molecule has 0 radical (unpaired) electrons. The van der Waals surface area contributed by atoms with E-state index in [1.165, 1.54) is 0 Å². The summed E-state index contributed by atoms with van der Waals surface area (Å²) in [5.41, 5.74) is 0. The highest BCUT2D eigenvalue weighted by Gasteiger charge is 2.41. The summed E-state index contributed by atoms with van der Waals surface area (Å²) in [6.07, 6.45) is 6.62. The second-order valence-electron chi connectivity index (χ2n) is 5.16. The molecule has 0 aliphatic heterocycles. The van der Waals surface area contributed by atoms with Crippen molar-refractivity contribution in [3.63, 3.8) is 0 Å². The molecule has 0 aromatic heterocycles. The van der Waals surface area contributed by atoms with Crippen LogP contribution in [0.2, 0.25) is 0 Å². The molecule has 2 N–H and O–H groups in total. The second kappa shape index (κ2) is 8.17. The molecule has 5 nitrogen and oxygen atoms in total. The summed E-state index contributed by atoms with van der Waals surface area (Å²) in [5, 5.41) is 21.9. The molecule has 0 saturated heterocycles. The fraction of sp³-hybridized carbons (Fsp3) is 0.786. The normalized spacial score (nSPS) is 29.0. The smallest absolute Gasteiger partial charge is 0.141 e. The van der Waals surface area contributed by atoms with Crippen LogP contribution in [-0.2, 0) is 4.79 Å². The Labute approximate surface area is 113 Å². The first-order chi connectivity index (χ1) is 9.13. The molecule has 0 aromatic rings. The average Bonchev–Trinajstić information content (AvgIpc) is 2.72. The summed E-state index contributed by atoms with van der Waals surface area (Å²) >= 11 is 0. The van der Waals surface area contributed by atoms with E-state index in [0.29, 0.717) is 6.42 Å². The van der Waals surface area contributed by atoms with E-state index in [-0.39, 0.29) is 24.7 Å². The Hall–Kier alpha value is -1.07. The number of carbonyl (C=O) groups excluding carboxylic acids is 1. The molecule has 4 atom stereocenters. The Kier molecular flexibility index (Phi) is 6.87. The average molecular weight is 269 g/mol. The van der Waals surface area contributed by atoms with Gasteiger partial charge in [-0.15, -0.1) is 0 Å². The van der Waals surface area contributed by atoms with Crippen LogP contribution in [0.4, 0.5) is 0 Å². The van der Waals surface area contributed by atoms with Gasteiger partial charge in [-0.3, -0.25) is 4.79 Å². The molecule has 19 heavy (non-hydrogen) atoms. The van der Waals surface area contributed by atoms with Gasteiger partial charge in [0.15, 0.2) is 0 Å². The topological polar surface area (TPSA) is 87.0 Å². The van der Waals surface area contributed by atoms with Crippen molar-refractivity contribution in [1.82, 2.24) is 0 Å². The Morgan fingerprint density at radius 3 is 2.79 bits per heavy atom. The molecule has 0 unspecified atom stereocenters. The monoisotopic (exact) mass is 269 g/mol. The molecule has 1 rings (SSSR count). The summed E-state index contributed by atoms with van der Waals surface area (Å²) in [6.45, 7) is 1.82. The van der Waals surface area contributed by atoms with E-state index < -0.39 is 18.1 Å². The number of aliphatic hydroxyl groups is 2. The van der Waals surface area contributed by atoms with Gasteiger partial charge in [-0.2, -0.15) is 4.91 Å². The van der Waals surface area contributed by atoms with Crippen LogP contribution in [0, 0.1) is 16.7 Å². The number of rotatable bonds is 8. The molecule has 0 bridgehead atoms. The quantitative estimate of drug-likeness (QED) is 0.400. The van der Waals surface area contributed by atoms with Crippen LogP contribution < -0.4 is 0 Å². The SMILES string of the molecule is CCCCC[C@H](O)/C=C/[C@H]1[C@H](N=O)CC(=O)[C@@H]1CO. The maximum atomic E-state index is 11.6. The first kappa shape index (κ1) is 16.0. The molecule has 0 heterocycles. The minimum Gasteiger partial charge on any atom is -0.396 e. The predicted molar refractivity (Wildman–Crippen MR) is 72.6 cm³/mol. The Bertz CT molecular complexity index is 329. The predicted octanol–water partition coefficient (Wildman–Crippen LogP) is 1.82. The van der Waals surface area contributed by atoms with E-state index in [1.54, 1.807) is 12.2 Å². The molecule has 0 amide bonds. The van der Waals surface area contributed by atoms with Gasteiger partial charge >= 0.3 is 0 Å². The van der Waals surface area contributed by atoms with E-state index in [1.807, 2.05) is 0 Å². The Morgan fingerprint density at radius 1 is 1.47 bits per heavy atom. The van der Waals surface area contributed by atoms with Crippen molar-refractivity contribution in [1.29, 1.82) is 0 Å². The van der Waals surface area contributed by atoms with E-state index in [0.717, 1.165) is 19.3 Å². The number of nitroso groups, excluding NO2 is 1. The van der Waals surface area contributed by atoms with Crippen molar-refractivity contribution in [2.45, 2.75) is 51.2 Å². The minimum atomic E-state index is -0.608. The van der Waals surface area contributed by atoms with E-state index >= 15 is 0 Å². The third-order valence-corrected chi connectivity index (χ3v) is 3.72. The summed E-state index contributed by atoms with van der Waals surface area (Å²) in [4.78, 5) is 22.3. The number of unbranched alkanes of at least 4 members (excludes halogenated alkanes) is 2. The Balaban J connectivity index is 2.56. The third kappa shape index (κ3) is 4.51. The first-order valence-corrected chi connectivity index (χ1v) is 6.96. The lowest BCUT2D eigenvalue weighted by Gasteiger charge is -2.14. The van der Waals surface area contributed by atoms with E-state index in [2.05, 4.69) is 12.1 Å². The van der Waals surface area contributed by atoms with Crippen LogP contribution in [0.3, 0.4) is 0 Å². The molecule has 5 heteroatoms. The van der Waals surface area contributed by atoms with Crippen molar-refractivity contribution in [3.05, 3.63) is 17.1 Å². The highest BCUT2D eigenvalue weighted by Crippen LogP contribution is 2.32. The molecule has 108 valence electrons. The number of hydrogen-bond acceptors (Lipinski definition) is 5. The van der Waals surface area contributed by atoms with E-state index in [9.17, 15) is 19.9 Å². The summed E-state index contributed by atoms with van der Waals surface area (Å²) in [5.74, 6) is -1.06. The number of Topliss-reactive ketones (excluding diaryl/α,β-unsaturated/α-hetero) is 1. The lowest BCUT2D eigenvalue weighted by atomic mass is 9.93. The molecular weight excluding hydrogens is 246 g/mol. The van der Waals surface area contributed by atoms with Crippen LogP contribution in [0.25, 0.3) is 0 Å². The summed E-state index contributed by atoms with van der Waals surface area (Å²) < 4.78 is 0. The Morgan fingerprint density at radius 2 is 2.21 bits per heavy atom. The van der Waals surface area contributed by atoms with Gasteiger partial charge in [0.1, 0.15) is 11.8 Å². The molecule has 0 spiro atoms. The fourth-order valence-electron chi connectivity index (χ4n) is 2.53. The van der Waals surface area contributed by atoms with Crippen LogP contribution in [-0.4, -0.2) is 34.7 Å². The van der Waals surface area contributed by atoms with Gasteiger partial charge in [-0.25, -0.2) is 0 Å². The van der Waals surface area contributed by atoms with Gasteiger partial charge < -0.3 is 10.2 Å². The lowest BCUT2D eigenvalue weighted by molar-refractivity contribution is -0.122. The van der Waals surface area contributed by atoms with Gasteiger partial charge in [0.05, 0.1) is 12.7 Å². The maximum Gasteiger partial charge on any atom is 0.141 e. The number of ketones is 1. The molecule has 1 aliphatic rings. The van der Waals surface area contributed by atoms with Crippen molar-refractivity contribution in [2.24, 2.45) is 17.0 Å². The maximum absolute atomic E-state index is 11.6. The zero-order valence-corrected chi connectivity index (χ0v) is 11.4. The number of carbonyl (C=O) groups is 1. The van der Waals surface area contributed by atoms with Crippen LogP contribution >= 0.6 is 0 Å². The molecule has 1 aliphatic carbocycles. The first-order valence-electron chi connectivity index (χ1n) is 6.96. The number of nitrogens with zero attached hydrogens (tertiary/aromatic N) is 1. The van der Waals surface area contributed by atoms with Gasteiger partial charge in [-0.05, 0) is 6.42 Å². The van der Waals surface area contributed by atoms with E-state index in [4.69, 9.17) is 0 Å². The minimum absolute atomic E-state index is 0.0929. The van der Waals surface area contributed by atoms with Gasteiger partial charge in [0, 0.05) is 18.3 Å². The van der Waals surface area contributed by atoms with Gasteiger partial charge in [0.25, 0.3) is 0 Å². The van der Waals surface area contributed by atoms with Crippen LogP contribution in [0.1, 0.15) is 39.0 Å². The van der Waals surface area contributed by atoms with Crippen molar-refractivity contribution < 1.29 is 15.0 Å². The second-order valence-corrected chi connectivity index (χ2v) is 5.16. The van der Waals surface area contributed by atoms with Crippen molar-refractivity contribution in [2.75, 3.05) is 6.61 Å². The third-order valence-electron chi connectivity index (χ3n) is 3.72. The largest absolute Gasteiger partial charge is 0.396 e. The molecule has 1 fully saturated rings. The molecular formula is C14H23NO4.